The second kappa shape index (κ2) is 7.02. The van der Waals surface area contributed by atoms with E-state index in [0.29, 0.717) is 12.0 Å². The zero-order chi connectivity index (χ0) is 11.1. The Morgan fingerprint density at radius 1 is 1.40 bits per heavy atom. The Bertz CT molecular complexity index is 171. The second-order valence-electron chi connectivity index (χ2n) is 4.85. The number of rotatable bonds is 6. The van der Waals surface area contributed by atoms with Gasteiger partial charge in [0.05, 0.1) is 0 Å². The van der Waals surface area contributed by atoms with Crippen LogP contribution < -0.4 is 11.3 Å². The summed E-state index contributed by atoms with van der Waals surface area (Å²) in [7, 11) is 0. The molecule has 1 unspecified atom stereocenters. The van der Waals surface area contributed by atoms with Crippen LogP contribution in [0.15, 0.2) is 12.7 Å². The highest BCUT2D eigenvalue weighted by molar-refractivity contribution is 4.91. The van der Waals surface area contributed by atoms with E-state index in [2.05, 4.69) is 18.9 Å². The Morgan fingerprint density at radius 2 is 2.07 bits per heavy atom. The molecule has 1 rings (SSSR count). The van der Waals surface area contributed by atoms with E-state index in [9.17, 15) is 0 Å². The molecule has 0 spiro atoms. The van der Waals surface area contributed by atoms with Crippen molar-refractivity contribution in [1.82, 2.24) is 5.43 Å². The Hall–Kier alpha value is -0.340. The number of unbranched alkanes of at least 4 members (excludes halogenated alkanes) is 1. The van der Waals surface area contributed by atoms with Gasteiger partial charge in [-0.2, -0.15) is 0 Å². The van der Waals surface area contributed by atoms with E-state index in [4.69, 9.17) is 5.84 Å². The molecule has 0 saturated heterocycles. The first kappa shape index (κ1) is 12.7. The molecule has 1 atom stereocenters. The number of hydrazine groups is 1. The van der Waals surface area contributed by atoms with E-state index in [0.717, 1.165) is 5.92 Å². The third-order valence-corrected chi connectivity index (χ3v) is 3.81. The van der Waals surface area contributed by atoms with Crippen molar-refractivity contribution in [2.45, 2.75) is 57.9 Å². The summed E-state index contributed by atoms with van der Waals surface area (Å²) in [4.78, 5) is 0. The van der Waals surface area contributed by atoms with Crippen LogP contribution in [0, 0.1) is 11.8 Å². The minimum absolute atomic E-state index is 0.317. The maximum atomic E-state index is 5.51. The molecular formula is C13H26N2. The molecule has 1 aliphatic rings. The molecule has 2 nitrogen and oxygen atoms in total. The average molecular weight is 210 g/mol. The van der Waals surface area contributed by atoms with Crippen LogP contribution in [-0.4, -0.2) is 6.04 Å². The Morgan fingerprint density at radius 3 is 2.53 bits per heavy atom. The van der Waals surface area contributed by atoms with Crippen molar-refractivity contribution in [3.63, 3.8) is 0 Å². The molecule has 0 heterocycles. The monoisotopic (exact) mass is 210 g/mol. The molecule has 0 aliphatic heterocycles. The van der Waals surface area contributed by atoms with Crippen molar-refractivity contribution in [1.29, 1.82) is 0 Å². The minimum atomic E-state index is 0.317. The van der Waals surface area contributed by atoms with Crippen LogP contribution in [0.3, 0.4) is 0 Å². The van der Waals surface area contributed by atoms with Gasteiger partial charge in [-0.15, -0.1) is 6.58 Å². The summed E-state index contributed by atoms with van der Waals surface area (Å²) in [5.74, 6) is 7.20. The third-order valence-electron chi connectivity index (χ3n) is 3.81. The molecule has 0 amide bonds. The van der Waals surface area contributed by atoms with Crippen molar-refractivity contribution in [3.8, 4) is 0 Å². The number of nitrogens with one attached hydrogen (secondary N) is 1. The fourth-order valence-electron chi connectivity index (χ4n) is 2.73. The number of hydrogen-bond acceptors (Lipinski definition) is 2. The van der Waals surface area contributed by atoms with Crippen LogP contribution in [0.4, 0.5) is 0 Å². The summed E-state index contributed by atoms with van der Waals surface area (Å²) in [5, 5.41) is 0. The molecule has 0 bridgehead atoms. The number of nitrogens with two attached hydrogens (primary N) is 1. The SMILES string of the molecule is C=CC(NN)C1CCC(CCCC)CC1. The van der Waals surface area contributed by atoms with Gasteiger partial charge in [0, 0.05) is 6.04 Å². The molecule has 2 heteroatoms. The summed E-state index contributed by atoms with van der Waals surface area (Å²) >= 11 is 0. The molecule has 1 aliphatic carbocycles. The first-order valence-corrected chi connectivity index (χ1v) is 6.40. The fraction of sp³-hybridized carbons (Fsp3) is 0.846. The maximum Gasteiger partial charge on any atom is 0.0416 e. The topological polar surface area (TPSA) is 38.0 Å². The minimum Gasteiger partial charge on any atom is -0.271 e. The molecule has 0 radical (unpaired) electrons. The molecule has 0 aromatic heterocycles. The largest absolute Gasteiger partial charge is 0.271 e. The van der Waals surface area contributed by atoms with E-state index in [1.54, 1.807) is 0 Å². The van der Waals surface area contributed by atoms with Crippen molar-refractivity contribution in [2.75, 3.05) is 0 Å². The van der Waals surface area contributed by atoms with Crippen LogP contribution in [0.25, 0.3) is 0 Å². The zero-order valence-electron chi connectivity index (χ0n) is 10.0. The molecule has 1 saturated carbocycles. The highest BCUT2D eigenvalue weighted by atomic mass is 15.2. The maximum absolute atomic E-state index is 5.51. The Balaban J connectivity index is 2.25. The van der Waals surface area contributed by atoms with E-state index >= 15 is 0 Å². The first-order valence-electron chi connectivity index (χ1n) is 6.40. The van der Waals surface area contributed by atoms with Gasteiger partial charge in [-0.3, -0.25) is 11.3 Å². The van der Waals surface area contributed by atoms with Gasteiger partial charge in [-0.25, -0.2) is 0 Å². The van der Waals surface area contributed by atoms with Gasteiger partial charge < -0.3 is 0 Å². The van der Waals surface area contributed by atoms with Crippen LogP contribution >= 0.6 is 0 Å². The highest BCUT2D eigenvalue weighted by Gasteiger charge is 2.24. The predicted molar refractivity (Wildman–Crippen MR) is 66.3 cm³/mol. The predicted octanol–water partition coefficient (Wildman–Crippen LogP) is 3.00. The lowest BCUT2D eigenvalue weighted by molar-refractivity contribution is 0.231. The molecule has 0 aromatic carbocycles. The molecular weight excluding hydrogens is 184 g/mol. The first-order chi connectivity index (χ1) is 7.31. The van der Waals surface area contributed by atoms with E-state index in [1.807, 2.05) is 6.08 Å². The standard InChI is InChI=1S/C13H26N2/c1-3-5-6-11-7-9-12(10-8-11)13(4-2)15-14/h4,11-13,15H,2-3,5-10,14H2,1H3. The Kier molecular flexibility index (Phi) is 5.96. The van der Waals surface area contributed by atoms with E-state index in [1.165, 1.54) is 44.9 Å². The third kappa shape index (κ3) is 3.96. The number of hydrogen-bond donors (Lipinski definition) is 2. The molecule has 88 valence electrons. The summed E-state index contributed by atoms with van der Waals surface area (Å²) < 4.78 is 0. The fourth-order valence-corrected chi connectivity index (χ4v) is 2.73. The van der Waals surface area contributed by atoms with Crippen LogP contribution in [-0.2, 0) is 0 Å². The lowest BCUT2D eigenvalue weighted by Gasteiger charge is -2.32. The van der Waals surface area contributed by atoms with Gasteiger partial charge in [-0.1, -0.05) is 45.1 Å². The smallest absolute Gasteiger partial charge is 0.0416 e. The van der Waals surface area contributed by atoms with E-state index in [-0.39, 0.29) is 0 Å². The molecule has 15 heavy (non-hydrogen) atoms. The van der Waals surface area contributed by atoms with Crippen molar-refractivity contribution in [2.24, 2.45) is 17.7 Å². The molecule has 0 aromatic rings. The highest BCUT2D eigenvalue weighted by Crippen LogP contribution is 2.33. The van der Waals surface area contributed by atoms with Crippen LogP contribution in [0.5, 0.6) is 0 Å². The van der Waals surface area contributed by atoms with Gasteiger partial charge in [0.25, 0.3) is 0 Å². The van der Waals surface area contributed by atoms with Crippen molar-refractivity contribution in [3.05, 3.63) is 12.7 Å². The quantitative estimate of drug-likeness (QED) is 0.402. The zero-order valence-corrected chi connectivity index (χ0v) is 10.0. The van der Waals surface area contributed by atoms with E-state index < -0.39 is 0 Å². The van der Waals surface area contributed by atoms with Crippen LogP contribution in [0.1, 0.15) is 51.9 Å². The normalized spacial score (nSPS) is 28.7. The van der Waals surface area contributed by atoms with Gasteiger partial charge in [0.2, 0.25) is 0 Å². The summed E-state index contributed by atoms with van der Waals surface area (Å²) in [6, 6.07) is 0.317. The van der Waals surface area contributed by atoms with Crippen molar-refractivity contribution >= 4 is 0 Å². The lowest BCUT2D eigenvalue weighted by Crippen LogP contribution is -2.40. The van der Waals surface area contributed by atoms with Crippen molar-refractivity contribution < 1.29 is 0 Å². The average Bonchev–Trinajstić information content (AvgIpc) is 2.29. The van der Waals surface area contributed by atoms with Gasteiger partial charge in [0.15, 0.2) is 0 Å². The second-order valence-corrected chi connectivity index (χ2v) is 4.85. The lowest BCUT2D eigenvalue weighted by atomic mass is 9.77. The molecule has 3 N–H and O–H groups in total. The van der Waals surface area contributed by atoms with Gasteiger partial charge in [0.1, 0.15) is 0 Å². The summed E-state index contributed by atoms with van der Waals surface area (Å²) in [6.45, 7) is 6.11. The molecule has 1 fully saturated rings. The van der Waals surface area contributed by atoms with Crippen LogP contribution in [0.2, 0.25) is 0 Å². The Labute approximate surface area is 94.3 Å². The van der Waals surface area contributed by atoms with Gasteiger partial charge in [-0.05, 0) is 24.7 Å². The van der Waals surface area contributed by atoms with Gasteiger partial charge >= 0.3 is 0 Å². The summed E-state index contributed by atoms with van der Waals surface area (Å²) in [5.41, 5.74) is 2.86. The summed E-state index contributed by atoms with van der Waals surface area (Å²) in [6.07, 6.45) is 11.5.